The first-order valence-electron chi connectivity index (χ1n) is 7.03. The molecule has 21 heavy (non-hydrogen) atoms. The molecule has 0 saturated heterocycles. The quantitative estimate of drug-likeness (QED) is 0.829. The zero-order chi connectivity index (χ0) is 15.6. The van der Waals surface area contributed by atoms with E-state index in [-0.39, 0.29) is 17.4 Å². The molecule has 118 valence electrons. The summed E-state index contributed by atoms with van der Waals surface area (Å²) in [7, 11) is -1.14. The van der Waals surface area contributed by atoms with Crippen molar-refractivity contribution in [3.63, 3.8) is 0 Å². The van der Waals surface area contributed by atoms with Crippen LogP contribution in [0.25, 0.3) is 0 Å². The van der Waals surface area contributed by atoms with E-state index in [9.17, 15) is 4.21 Å². The number of aromatic nitrogens is 1. The van der Waals surface area contributed by atoms with Crippen LogP contribution in [0.1, 0.15) is 38.8 Å². The largest absolute Gasteiger partial charge is 0.395 e. The van der Waals surface area contributed by atoms with Gasteiger partial charge in [-0.3, -0.25) is 0 Å². The smallest absolute Gasteiger partial charge is 0.135 e. The van der Waals surface area contributed by atoms with Crippen LogP contribution >= 0.6 is 11.6 Å². The van der Waals surface area contributed by atoms with Crippen molar-refractivity contribution in [1.82, 2.24) is 9.71 Å². The Balaban J connectivity index is 2.27. The fraction of sp³-hybridized carbons (Fsp3) is 0.643. The third kappa shape index (κ3) is 3.94. The Bertz CT molecular complexity index is 533. The Labute approximate surface area is 133 Å². The molecule has 1 aromatic rings. The predicted octanol–water partition coefficient (Wildman–Crippen LogP) is 2.03. The van der Waals surface area contributed by atoms with Gasteiger partial charge in [0.05, 0.1) is 22.3 Å². The van der Waals surface area contributed by atoms with Gasteiger partial charge in [0.2, 0.25) is 0 Å². The van der Waals surface area contributed by atoms with Crippen LogP contribution in [0.4, 0.5) is 5.82 Å². The highest BCUT2D eigenvalue weighted by molar-refractivity contribution is 7.84. The summed E-state index contributed by atoms with van der Waals surface area (Å²) in [4.78, 5) is 6.39. The number of halogens is 1. The minimum absolute atomic E-state index is 0.0141. The van der Waals surface area contributed by atoms with E-state index in [1.54, 1.807) is 6.07 Å². The van der Waals surface area contributed by atoms with Gasteiger partial charge in [-0.15, -0.1) is 0 Å². The molecule has 7 heteroatoms. The van der Waals surface area contributed by atoms with Crippen molar-refractivity contribution < 1.29 is 9.32 Å². The van der Waals surface area contributed by atoms with E-state index in [0.29, 0.717) is 11.7 Å². The summed E-state index contributed by atoms with van der Waals surface area (Å²) in [5, 5.41) is 9.59. The lowest BCUT2D eigenvalue weighted by Gasteiger charge is -2.35. The van der Waals surface area contributed by atoms with E-state index >= 15 is 0 Å². The molecule has 2 N–H and O–H groups in total. The molecule has 2 atom stereocenters. The highest BCUT2D eigenvalue weighted by Crippen LogP contribution is 2.34. The summed E-state index contributed by atoms with van der Waals surface area (Å²) in [6, 6.07) is 3.66. The SMILES string of the molecule is CC(C)(C)S(=O)NC1CCN(CCO)c2nc(Cl)ccc21. The number of pyridine rings is 1. The number of anilines is 1. The van der Waals surface area contributed by atoms with Crippen LogP contribution in [0.5, 0.6) is 0 Å². The van der Waals surface area contributed by atoms with Gasteiger partial charge in [0, 0.05) is 24.7 Å². The third-order valence-corrected chi connectivity index (χ3v) is 5.23. The van der Waals surface area contributed by atoms with Crippen LogP contribution < -0.4 is 9.62 Å². The van der Waals surface area contributed by atoms with Gasteiger partial charge >= 0.3 is 0 Å². The van der Waals surface area contributed by atoms with Gasteiger partial charge in [-0.2, -0.15) is 0 Å². The van der Waals surface area contributed by atoms with Crippen LogP contribution in [0.15, 0.2) is 12.1 Å². The van der Waals surface area contributed by atoms with Gasteiger partial charge in [0.15, 0.2) is 0 Å². The first-order valence-corrected chi connectivity index (χ1v) is 8.56. The molecular formula is C14H22ClN3O2S. The van der Waals surface area contributed by atoms with E-state index in [1.165, 1.54) is 0 Å². The van der Waals surface area contributed by atoms with E-state index in [1.807, 2.05) is 31.7 Å². The summed E-state index contributed by atoms with van der Waals surface area (Å²) in [5.74, 6) is 0.770. The summed E-state index contributed by atoms with van der Waals surface area (Å²) in [5.41, 5.74) is 0.983. The van der Waals surface area contributed by atoms with Gasteiger partial charge in [-0.05, 0) is 33.3 Å². The molecule has 0 aliphatic carbocycles. The molecule has 0 radical (unpaired) electrons. The first kappa shape index (κ1) is 16.7. The third-order valence-electron chi connectivity index (χ3n) is 3.41. The minimum atomic E-state index is -1.14. The van der Waals surface area contributed by atoms with E-state index in [2.05, 4.69) is 9.71 Å². The van der Waals surface area contributed by atoms with Crippen molar-refractivity contribution >= 4 is 28.4 Å². The Kier molecular flexibility index (Phi) is 5.24. The highest BCUT2D eigenvalue weighted by Gasteiger charge is 2.30. The number of fused-ring (bicyclic) bond motifs is 1. The molecule has 2 rings (SSSR count). The van der Waals surface area contributed by atoms with E-state index < -0.39 is 11.0 Å². The minimum Gasteiger partial charge on any atom is -0.395 e. The molecular weight excluding hydrogens is 310 g/mol. The van der Waals surface area contributed by atoms with Gasteiger partial charge in [0.25, 0.3) is 0 Å². The average Bonchev–Trinajstić information content (AvgIpc) is 2.40. The fourth-order valence-electron chi connectivity index (χ4n) is 2.27. The normalized spacial score (nSPS) is 20.2. The lowest BCUT2D eigenvalue weighted by atomic mass is 10.0. The van der Waals surface area contributed by atoms with E-state index in [4.69, 9.17) is 16.7 Å². The first-order chi connectivity index (χ1) is 9.82. The van der Waals surface area contributed by atoms with Gasteiger partial charge in [-0.25, -0.2) is 13.9 Å². The second-order valence-electron chi connectivity index (χ2n) is 6.10. The van der Waals surface area contributed by atoms with Crippen LogP contribution in [0.3, 0.4) is 0 Å². The number of β-amino-alcohol motifs (C(OH)–C–C–N with tert-alkyl or cyclic N) is 1. The molecule has 2 unspecified atom stereocenters. The van der Waals surface area contributed by atoms with E-state index in [0.717, 1.165) is 24.3 Å². The van der Waals surface area contributed by atoms with Crippen molar-refractivity contribution in [2.45, 2.75) is 38.0 Å². The van der Waals surface area contributed by atoms with Crippen LogP contribution in [-0.2, 0) is 11.0 Å². The second-order valence-corrected chi connectivity index (χ2v) is 8.48. The standard InChI is InChI=1S/C14H22ClN3O2S/c1-14(2,3)21(20)17-11-6-7-18(8-9-19)13-10(11)4-5-12(15)16-13/h4-5,11,17,19H,6-9H2,1-3H3. The number of hydrogen-bond donors (Lipinski definition) is 2. The molecule has 1 aliphatic rings. The fourth-order valence-corrected chi connectivity index (χ4v) is 3.27. The van der Waals surface area contributed by atoms with Crippen molar-refractivity contribution in [3.05, 3.63) is 22.8 Å². The number of nitrogens with zero attached hydrogens (tertiary/aromatic N) is 2. The zero-order valence-corrected chi connectivity index (χ0v) is 14.2. The Hall–Kier alpha value is -0.690. The van der Waals surface area contributed by atoms with Gasteiger partial charge in [0.1, 0.15) is 11.0 Å². The molecule has 5 nitrogen and oxygen atoms in total. The molecule has 1 aromatic heterocycles. The molecule has 0 fully saturated rings. The molecule has 2 heterocycles. The number of nitrogens with one attached hydrogen (secondary N) is 1. The molecule has 0 aromatic carbocycles. The van der Waals surface area contributed by atoms with Crippen molar-refractivity contribution in [2.75, 3.05) is 24.6 Å². The monoisotopic (exact) mass is 331 g/mol. The van der Waals surface area contributed by atoms with Crippen molar-refractivity contribution in [3.8, 4) is 0 Å². The van der Waals surface area contributed by atoms with Crippen LogP contribution in [-0.4, -0.2) is 38.7 Å². The van der Waals surface area contributed by atoms with Crippen molar-refractivity contribution in [1.29, 1.82) is 0 Å². The van der Waals surface area contributed by atoms with Crippen LogP contribution in [0.2, 0.25) is 5.15 Å². The summed E-state index contributed by atoms with van der Waals surface area (Å²) >= 11 is 5.99. The summed E-state index contributed by atoms with van der Waals surface area (Å²) in [6.45, 7) is 7.17. The van der Waals surface area contributed by atoms with Gasteiger partial charge < -0.3 is 10.0 Å². The lowest BCUT2D eigenvalue weighted by molar-refractivity contribution is 0.299. The molecule has 0 amide bonds. The Morgan fingerprint density at radius 2 is 2.24 bits per heavy atom. The number of hydrogen-bond acceptors (Lipinski definition) is 4. The lowest BCUT2D eigenvalue weighted by Crippen LogP contribution is -2.41. The van der Waals surface area contributed by atoms with Crippen LogP contribution in [0, 0.1) is 0 Å². The van der Waals surface area contributed by atoms with Crippen molar-refractivity contribution in [2.24, 2.45) is 0 Å². The number of rotatable bonds is 4. The predicted molar refractivity (Wildman–Crippen MR) is 86.9 cm³/mol. The second kappa shape index (κ2) is 6.60. The highest BCUT2D eigenvalue weighted by atomic mass is 35.5. The molecule has 0 spiro atoms. The molecule has 1 aliphatic heterocycles. The van der Waals surface area contributed by atoms with Gasteiger partial charge in [-0.1, -0.05) is 17.7 Å². The average molecular weight is 332 g/mol. The zero-order valence-electron chi connectivity index (χ0n) is 12.6. The maximum atomic E-state index is 12.3. The maximum absolute atomic E-state index is 12.3. The maximum Gasteiger partial charge on any atom is 0.135 e. The molecule has 0 bridgehead atoms. The topological polar surface area (TPSA) is 65.5 Å². The summed E-state index contributed by atoms with van der Waals surface area (Å²) in [6.07, 6.45) is 0.818. The summed E-state index contributed by atoms with van der Waals surface area (Å²) < 4.78 is 15.2. The molecule has 0 saturated carbocycles. The number of aliphatic hydroxyl groups excluding tert-OH is 1. The Morgan fingerprint density at radius 1 is 1.52 bits per heavy atom. The Morgan fingerprint density at radius 3 is 2.86 bits per heavy atom. The number of aliphatic hydroxyl groups is 1.